The number of fused-ring (bicyclic) bond motifs is 1. The minimum absolute atomic E-state index is 0.103. The molecule has 1 aromatic heterocycles. The Kier molecular flexibility index (Phi) is 3.89. The fourth-order valence-electron chi connectivity index (χ4n) is 1.78. The summed E-state index contributed by atoms with van der Waals surface area (Å²) >= 11 is 1.38. The van der Waals surface area contributed by atoms with E-state index in [2.05, 4.69) is 10.3 Å². The summed E-state index contributed by atoms with van der Waals surface area (Å²) in [5.41, 5.74) is -0.254. The van der Waals surface area contributed by atoms with Gasteiger partial charge in [0.2, 0.25) is 0 Å². The fourth-order valence-corrected chi connectivity index (χ4v) is 2.63. The normalized spacial score (nSPS) is 11.8. The van der Waals surface area contributed by atoms with Crippen molar-refractivity contribution in [3.05, 3.63) is 27.3 Å². The van der Waals surface area contributed by atoms with Gasteiger partial charge in [-0.3, -0.25) is 10.1 Å². The zero-order valence-corrected chi connectivity index (χ0v) is 11.9. The van der Waals surface area contributed by atoms with Crippen molar-refractivity contribution in [3.8, 4) is 0 Å². The number of hydrogen-bond donors (Lipinski definition) is 3. The SMILES string of the molecule is Cc1nc2cc(NC(C)(CO)CO)c([N+](=O)[O-])cc2s1. The lowest BCUT2D eigenvalue weighted by molar-refractivity contribution is -0.383. The van der Waals surface area contributed by atoms with Crippen molar-refractivity contribution in [1.82, 2.24) is 4.98 Å². The van der Waals surface area contributed by atoms with E-state index in [9.17, 15) is 20.3 Å². The second kappa shape index (κ2) is 5.31. The highest BCUT2D eigenvalue weighted by atomic mass is 32.1. The number of aliphatic hydroxyl groups is 2. The number of anilines is 1. The minimum atomic E-state index is -1.04. The van der Waals surface area contributed by atoms with Gasteiger partial charge in [0.15, 0.2) is 0 Å². The molecule has 0 atom stereocenters. The van der Waals surface area contributed by atoms with E-state index in [-0.39, 0.29) is 24.6 Å². The molecule has 1 heterocycles. The zero-order chi connectivity index (χ0) is 14.9. The Balaban J connectivity index is 2.54. The van der Waals surface area contributed by atoms with Gasteiger partial charge in [0.05, 0.1) is 38.9 Å². The van der Waals surface area contributed by atoms with Crippen LogP contribution >= 0.6 is 11.3 Å². The Morgan fingerprint density at radius 3 is 2.65 bits per heavy atom. The summed E-state index contributed by atoms with van der Waals surface area (Å²) < 4.78 is 0.731. The maximum absolute atomic E-state index is 11.2. The molecule has 0 amide bonds. The van der Waals surface area contributed by atoms with E-state index in [0.29, 0.717) is 5.52 Å². The lowest BCUT2D eigenvalue weighted by Crippen LogP contribution is -2.42. The monoisotopic (exact) mass is 297 g/mol. The molecule has 0 aliphatic rings. The average molecular weight is 297 g/mol. The van der Waals surface area contributed by atoms with Crippen LogP contribution in [0.1, 0.15) is 11.9 Å². The highest BCUT2D eigenvalue weighted by Crippen LogP contribution is 2.34. The number of nitrogens with zero attached hydrogens (tertiary/aromatic N) is 2. The Bertz CT molecular complexity index is 651. The van der Waals surface area contributed by atoms with Crippen molar-refractivity contribution >= 4 is 32.9 Å². The molecule has 2 rings (SSSR count). The number of aryl methyl sites for hydroxylation is 1. The molecular weight excluding hydrogens is 282 g/mol. The molecule has 0 bridgehead atoms. The topological polar surface area (TPSA) is 109 Å². The number of nitro groups is 1. The summed E-state index contributed by atoms with van der Waals surface area (Å²) in [6, 6.07) is 3.03. The molecule has 0 fully saturated rings. The summed E-state index contributed by atoms with van der Waals surface area (Å²) in [6.45, 7) is 2.70. The van der Waals surface area contributed by atoms with Gasteiger partial charge in [0, 0.05) is 6.07 Å². The summed E-state index contributed by atoms with van der Waals surface area (Å²) in [7, 11) is 0. The molecule has 0 aliphatic heterocycles. The van der Waals surface area contributed by atoms with Crippen LogP contribution < -0.4 is 5.32 Å². The van der Waals surface area contributed by atoms with Gasteiger partial charge in [-0.1, -0.05) is 0 Å². The molecule has 8 heteroatoms. The number of aromatic nitrogens is 1. The third kappa shape index (κ3) is 2.72. The lowest BCUT2D eigenvalue weighted by atomic mass is 10.0. The number of hydrogen-bond acceptors (Lipinski definition) is 7. The van der Waals surface area contributed by atoms with Crippen molar-refractivity contribution in [3.63, 3.8) is 0 Å². The van der Waals surface area contributed by atoms with Crippen LogP contribution in [0.25, 0.3) is 10.2 Å². The van der Waals surface area contributed by atoms with Crippen molar-refractivity contribution in [2.45, 2.75) is 19.4 Å². The number of thiazole rings is 1. The lowest BCUT2D eigenvalue weighted by Gasteiger charge is -2.27. The summed E-state index contributed by atoms with van der Waals surface area (Å²) in [4.78, 5) is 15.0. The van der Waals surface area contributed by atoms with Crippen molar-refractivity contribution in [1.29, 1.82) is 0 Å². The van der Waals surface area contributed by atoms with Crippen LogP contribution in [0.2, 0.25) is 0 Å². The van der Waals surface area contributed by atoms with Gasteiger partial charge in [-0.15, -0.1) is 11.3 Å². The summed E-state index contributed by atoms with van der Waals surface area (Å²) in [5, 5.41) is 33.4. The first-order valence-electron chi connectivity index (χ1n) is 5.94. The number of rotatable bonds is 5. The molecule has 0 saturated heterocycles. The number of nitro benzene ring substituents is 1. The van der Waals surface area contributed by atoms with Gasteiger partial charge in [0.25, 0.3) is 5.69 Å². The van der Waals surface area contributed by atoms with Crippen LogP contribution in [0.4, 0.5) is 11.4 Å². The first-order valence-corrected chi connectivity index (χ1v) is 6.75. The third-order valence-corrected chi connectivity index (χ3v) is 3.88. The first kappa shape index (κ1) is 14.6. The van der Waals surface area contributed by atoms with Crippen LogP contribution in [0.15, 0.2) is 12.1 Å². The van der Waals surface area contributed by atoms with Gasteiger partial charge < -0.3 is 15.5 Å². The molecule has 0 aliphatic carbocycles. The van der Waals surface area contributed by atoms with Gasteiger partial charge in [0.1, 0.15) is 5.69 Å². The highest BCUT2D eigenvalue weighted by molar-refractivity contribution is 7.18. The van der Waals surface area contributed by atoms with Crippen molar-refractivity contribution < 1.29 is 15.1 Å². The second-order valence-corrected chi connectivity index (χ2v) is 6.06. The van der Waals surface area contributed by atoms with E-state index < -0.39 is 10.5 Å². The van der Waals surface area contributed by atoms with Crippen LogP contribution in [0, 0.1) is 17.0 Å². The molecule has 108 valence electrons. The van der Waals surface area contributed by atoms with Gasteiger partial charge in [-0.2, -0.15) is 0 Å². The molecule has 20 heavy (non-hydrogen) atoms. The largest absolute Gasteiger partial charge is 0.394 e. The van der Waals surface area contributed by atoms with Crippen molar-refractivity contribution in [2.24, 2.45) is 0 Å². The molecule has 0 spiro atoms. The molecule has 7 nitrogen and oxygen atoms in total. The van der Waals surface area contributed by atoms with Crippen LogP contribution in [0.5, 0.6) is 0 Å². The Hall–Kier alpha value is -1.77. The third-order valence-electron chi connectivity index (χ3n) is 2.94. The standard InChI is InChI=1S/C12H15N3O4S/c1-7-13-9-3-8(14-12(2,5-16)6-17)10(15(18)19)4-11(9)20-7/h3-4,14,16-17H,5-6H2,1-2H3. The smallest absolute Gasteiger partial charge is 0.293 e. The quantitative estimate of drug-likeness (QED) is 0.572. The van der Waals surface area contributed by atoms with Crippen LogP contribution in [-0.4, -0.2) is 38.9 Å². The van der Waals surface area contributed by atoms with Crippen LogP contribution in [0.3, 0.4) is 0 Å². The minimum Gasteiger partial charge on any atom is -0.394 e. The maximum atomic E-state index is 11.2. The number of nitrogens with one attached hydrogen (secondary N) is 1. The highest BCUT2D eigenvalue weighted by Gasteiger charge is 2.26. The molecule has 1 aromatic carbocycles. The van der Waals surface area contributed by atoms with Gasteiger partial charge in [-0.05, 0) is 19.9 Å². The predicted molar refractivity (Wildman–Crippen MR) is 77.2 cm³/mol. The van der Waals surface area contributed by atoms with E-state index in [1.54, 1.807) is 13.0 Å². The molecule has 0 saturated carbocycles. The van der Waals surface area contributed by atoms with E-state index >= 15 is 0 Å². The Morgan fingerprint density at radius 1 is 1.45 bits per heavy atom. The second-order valence-electron chi connectivity index (χ2n) is 4.83. The number of benzene rings is 1. The first-order chi connectivity index (χ1) is 9.38. The van der Waals surface area contributed by atoms with E-state index in [1.165, 1.54) is 17.4 Å². The summed E-state index contributed by atoms with van der Waals surface area (Å²) in [6.07, 6.45) is 0. The molecule has 3 N–H and O–H groups in total. The molecule has 0 unspecified atom stereocenters. The fraction of sp³-hybridized carbons (Fsp3) is 0.417. The van der Waals surface area contributed by atoms with E-state index in [0.717, 1.165) is 9.71 Å². The molecule has 0 radical (unpaired) electrons. The van der Waals surface area contributed by atoms with Gasteiger partial charge in [-0.25, -0.2) is 4.98 Å². The Labute approximate surface area is 119 Å². The Morgan fingerprint density at radius 2 is 2.10 bits per heavy atom. The zero-order valence-electron chi connectivity index (χ0n) is 11.1. The number of aliphatic hydroxyl groups excluding tert-OH is 2. The predicted octanol–water partition coefficient (Wildman–Crippen LogP) is 1.67. The van der Waals surface area contributed by atoms with E-state index in [4.69, 9.17) is 0 Å². The molecular formula is C12H15N3O4S. The van der Waals surface area contributed by atoms with Crippen LogP contribution in [-0.2, 0) is 0 Å². The van der Waals surface area contributed by atoms with E-state index in [1.807, 2.05) is 6.92 Å². The molecule has 2 aromatic rings. The summed E-state index contributed by atoms with van der Waals surface area (Å²) in [5.74, 6) is 0. The average Bonchev–Trinajstić information content (AvgIpc) is 2.76. The van der Waals surface area contributed by atoms with Gasteiger partial charge >= 0.3 is 0 Å². The van der Waals surface area contributed by atoms with Crippen molar-refractivity contribution in [2.75, 3.05) is 18.5 Å². The maximum Gasteiger partial charge on any atom is 0.293 e.